The fourth-order valence-corrected chi connectivity index (χ4v) is 1.58. The van der Waals surface area contributed by atoms with E-state index in [0.717, 1.165) is 18.2 Å². The van der Waals surface area contributed by atoms with Crippen molar-refractivity contribution >= 4 is 18.0 Å². The molecule has 0 fully saturated rings. The predicted octanol–water partition coefficient (Wildman–Crippen LogP) is 1.42. The van der Waals surface area contributed by atoms with Crippen molar-refractivity contribution in [1.82, 2.24) is 9.80 Å². The fourth-order valence-electron chi connectivity index (χ4n) is 1.58. The number of amides is 1. The monoisotopic (exact) mass is 276 g/mol. The molecule has 0 heterocycles. The first-order chi connectivity index (χ1) is 9.40. The minimum atomic E-state index is -0.992. The molecule has 20 heavy (non-hydrogen) atoms. The Hall–Kier alpha value is -2.14. The third-order valence-corrected chi connectivity index (χ3v) is 2.81. The summed E-state index contributed by atoms with van der Waals surface area (Å²) < 4.78 is 0. The summed E-state index contributed by atoms with van der Waals surface area (Å²) in [6.07, 6.45) is 2.56. The summed E-state index contributed by atoms with van der Waals surface area (Å²) >= 11 is 0. The second-order valence-corrected chi connectivity index (χ2v) is 4.82. The second kappa shape index (κ2) is 7.45. The van der Waals surface area contributed by atoms with Crippen LogP contribution >= 0.6 is 0 Å². The zero-order valence-electron chi connectivity index (χ0n) is 12.0. The standard InChI is InChI=1S/C15H20N2O3/c1-16(2)10-11-17(3)15(20)13-7-4-12(5-8-13)6-9-14(18)19/h4-9H,10-11H2,1-3H3,(H,18,19)/b9-6+. The summed E-state index contributed by atoms with van der Waals surface area (Å²) in [5.74, 6) is -1.03. The molecular weight excluding hydrogens is 256 g/mol. The SMILES string of the molecule is CN(C)CCN(C)C(=O)c1ccc(/C=C/C(=O)O)cc1. The van der Waals surface area contributed by atoms with E-state index in [1.165, 1.54) is 6.08 Å². The molecule has 0 aromatic heterocycles. The van der Waals surface area contributed by atoms with Crippen LogP contribution in [0, 0.1) is 0 Å². The number of aliphatic carboxylic acids is 1. The second-order valence-electron chi connectivity index (χ2n) is 4.82. The summed E-state index contributed by atoms with van der Waals surface area (Å²) in [4.78, 5) is 26.2. The lowest BCUT2D eigenvalue weighted by Crippen LogP contribution is -2.33. The first-order valence-corrected chi connectivity index (χ1v) is 6.31. The van der Waals surface area contributed by atoms with Gasteiger partial charge in [-0.2, -0.15) is 0 Å². The van der Waals surface area contributed by atoms with Crippen LogP contribution in [0.3, 0.4) is 0 Å². The maximum absolute atomic E-state index is 12.1. The lowest BCUT2D eigenvalue weighted by Gasteiger charge is -2.19. The molecule has 1 aromatic carbocycles. The van der Waals surface area contributed by atoms with Crippen LogP contribution in [0.25, 0.3) is 6.08 Å². The van der Waals surface area contributed by atoms with Crippen LogP contribution in [-0.2, 0) is 4.79 Å². The van der Waals surface area contributed by atoms with E-state index in [4.69, 9.17) is 5.11 Å². The number of benzene rings is 1. The molecule has 0 unspecified atom stereocenters. The topological polar surface area (TPSA) is 60.9 Å². The molecule has 108 valence electrons. The van der Waals surface area contributed by atoms with Gasteiger partial charge in [-0.25, -0.2) is 4.79 Å². The largest absolute Gasteiger partial charge is 0.478 e. The van der Waals surface area contributed by atoms with Crippen molar-refractivity contribution in [3.05, 3.63) is 41.5 Å². The Labute approximate surface area is 119 Å². The van der Waals surface area contributed by atoms with Gasteiger partial charge in [0.15, 0.2) is 0 Å². The van der Waals surface area contributed by atoms with Crippen LogP contribution in [0.2, 0.25) is 0 Å². The molecule has 5 nitrogen and oxygen atoms in total. The maximum atomic E-state index is 12.1. The Morgan fingerprint density at radius 3 is 2.20 bits per heavy atom. The number of carboxylic acid groups (broad SMARTS) is 1. The van der Waals surface area contributed by atoms with Crippen molar-refractivity contribution in [2.45, 2.75) is 0 Å². The van der Waals surface area contributed by atoms with E-state index in [1.54, 1.807) is 36.2 Å². The molecule has 0 aliphatic rings. The average molecular weight is 276 g/mol. The zero-order chi connectivity index (χ0) is 15.1. The Morgan fingerprint density at radius 1 is 1.10 bits per heavy atom. The highest BCUT2D eigenvalue weighted by Gasteiger charge is 2.11. The average Bonchev–Trinajstić information content (AvgIpc) is 2.42. The molecule has 0 saturated heterocycles. The molecule has 0 spiro atoms. The summed E-state index contributed by atoms with van der Waals surface area (Å²) in [6.45, 7) is 1.47. The highest BCUT2D eigenvalue weighted by atomic mass is 16.4. The van der Waals surface area contributed by atoms with Crippen LogP contribution in [0.15, 0.2) is 30.3 Å². The molecular formula is C15H20N2O3. The van der Waals surface area contributed by atoms with Crippen molar-refractivity contribution in [2.75, 3.05) is 34.2 Å². The lowest BCUT2D eigenvalue weighted by molar-refractivity contribution is -0.131. The van der Waals surface area contributed by atoms with Crippen molar-refractivity contribution in [3.8, 4) is 0 Å². The number of hydrogen-bond donors (Lipinski definition) is 1. The third kappa shape index (κ3) is 5.24. The van der Waals surface area contributed by atoms with E-state index in [-0.39, 0.29) is 5.91 Å². The van der Waals surface area contributed by atoms with E-state index in [1.807, 2.05) is 19.0 Å². The number of carboxylic acids is 1. The first kappa shape index (κ1) is 15.9. The van der Waals surface area contributed by atoms with Crippen molar-refractivity contribution in [3.63, 3.8) is 0 Å². The number of rotatable bonds is 6. The van der Waals surface area contributed by atoms with E-state index in [0.29, 0.717) is 12.1 Å². The fraction of sp³-hybridized carbons (Fsp3) is 0.333. The quantitative estimate of drug-likeness (QED) is 0.798. The van der Waals surface area contributed by atoms with Gasteiger partial charge in [-0.1, -0.05) is 12.1 Å². The normalized spacial score (nSPS) is 11.0. The molecule has 0 aliphatic carbocycles. The molecule has 0 atom stereocenters. The number of hydrogen-bond acceptors (Lipinski definition) is 3. The van der Waals surface area contributed by atoms with Gasteiger partial charge in [0, 0.05) is 31.8 Å². The summed E-state index contributed by atoms with van der Waals surface area (Å²) in [7, 11) is 5.69. The Bertz CT molecular complexity index is 492. The minimum absolute atomic E-state index is 0.0411. The molecule has 0 bridgehead atoms. The number of carbonyl (C=O) groups excluding carboxylic acids is 1. The summed E-state index contributed by atoms with van der Waals surface area (Å²) in [5, 5.41) is 8.54. The van der Waals surface area contributed by atoms with Gasteiger partial charge in [-0.3, -0.25) is 4.79 Å². The minimum Gasteiger partial charge on any atom is -0.478 e. The summed E-state index contributed by atoms with van der Waals surface area (Å²) in [5.41, 5.74) is 1.35. The van der Waals surface area contributed by atoms with E-state index >= 15 is 0 Å². The van der Waals surface area contributed by atoms with E-state index in [2.05, 4.69) is 0 Å². The van der Waals surface area contributed by atoms with Gasteiger partial charge in [0.25, 0.3) is 5.91 Å². The molecule has 5 heteroatoms. The Morgan fingerprint density at radius 2 is 1.70 bits per heavy atom. The van der Waals surface area contributed by atoms with Crippen LogP contribution in [0.5, 0.6) is 0 Å². The number of carbonyl (C=O) groups is 2. The Balaban J connectivity index is 2.68. The smallest absolute Gasteiger partial charge is 0.328 e. The van der Waals surface area contributed by atoms with Crippen molar-refractivity contribution in [1.29, 1.82) is 0 Å². The van der Waals surface area contributed by atoms with Gasteiger partial charge in [0.2, 0.25) is 0 Å². The highest BCUT2D eigenvalue weighted by molar-refractivity contribution is 5.94. The molecule has 1 N–H and O–H groups in total. The molecule has 1 amide bonds. The predicted molar refractivity (Wildman–Crippen MR) is 78.6 cm³/mol. The van der Waals surface area contributed by atoms with Crippen LogP contribution < -0.4 is 0 Å². The van der Waals surface area contributed by atoms with Crippen LogP contribution in [0.4, 0.5) is 0 Å². The summed E-state index contributed by atoms with van der Waals surface area (Å²) in [6, 6.07) is 6.87. The molecule has 1 rings (SSSR count). The maximum Gasteiger partial charge on any atom is 0.328 e. The number of likely N-dealkylation sites (N-methyl/N-ethyl adjacent to an activating group) is 2. The van der Waals surface area contributed by atoms with Gasteiger partial charge in [0.1, 0.15) is 0 Å². The van der Waals surface area contributed by atoms with E-state index in [9.17, 15) is 9.59 Å². The van der Waals surface area contributed by atoms with Gasteiger partial charge in [0.05, 0.1) is 0 Å². The molecule has 0 saturated carbocycles. The molecule has 1 aromatic rings. The molecule has 0 aliphatic heterocycles. The third-order valence-electron chi connectivity index (χ3n) is 2.81. The van der Waals surface area contributed by atoms with Crippen LogP contribution in [0.1, 0.15) is 15.9 Å². The highest BCUT2D eigenvalue weighted by Crippen LogP contribution is 2.08. The molecule has 0 radical (unpaired) electrons. The Kier molecular flexibility index (Phi) is 5.93. The van der Waals surface area contributed by atoms with Gasteiger partial charge >= 0.3 is 5.97 Å². The van der Waals surface area contributed by atoms with Gasteiger partial charge in [-0.15, -0.1) is 0 Å². The zero-order valence-corrected chi connectivity index (χ0v) is 12.0. The van der Waals surface area contributed by atoms with E-state index < -0.39 is 5.97 Å². The van der Waals surface area contributed by atoms with Crippen molar-refractivity contribution in [2.24, 2.45) is 0 Å². The first-order valence-electron chi connectivity index (χ1n) is 6.31. The number of nitrogens with zero attached hydrogens (tertiary/aromatic N) is 2. The van der Waals surface area contributed by atoms with Gasteiger partial charge in [-0.05, 0) is 37.9 Å². The van der Waals surface area contributed by atoms with Crippen LogP contribution in [-0.4, -0.2) is 61.0 Å². The van der Waals surface area contributed by atoms with Gasteiger partial charge < -0.3 is 14.9 Å². The lowest BCUT2D eigenvalue weighted by atomic mass is 10.1. The van der Waals surface area contributed by atoms with Crippen molar-refractivity contribution < 1.29 is 14.7 Å².